The minimum absolute atomic E-state index is 0.0194. The predicted molar refractivity (Wildman–Crippen MR) is 147 cm³/mol. The molecule has 0 unspecified atom stereocenters. The highest BCUT2D eigenvalue weighted by Crippen LogP contribution is 2.42. The molecular weight excluding hydrogens is 484 g/mol. The molecule has 2 fully saturated rings. The third-order valence-corrected chi connectivity index (χ3v) is 7.58. The monoisotopic (exact) mass is 524 g/mol. The Hall–Kier alpha value is -3.30. The molecule has 0 bridgehead atoms. The lowest BCUT2D eigenvalue weighted by Gasteiger charge is -2.41. The number of likely N-dealkylation sites (N-methyl/N-ethyl adjacent to an activating group) is 1. The first kappa shape index (κ1) is 27.7. The van der Waals surface area contributed by atoms with E-state index in [4.69, 9.17) is 14.2 Å². The number of methoxy groups -OCH3 is 3. The second-order valence-corrected chi connectivity index (χ2v) is 9.96. The van der Waals surface area contributed by atoms with Crippen LogP contribution in [0, 0.1) is 5.92 Å². The summed E-state index contributed by atoms with van der Waals surface area (Å²) in [5.41, 5.74) is 1.55. The predicted octanol–water partition coefficient (Wildman–Crippen LogP) is 2.95. The van der Waals surface area contributed by atoms with Gasteiger partial charge in [-0.2, -0.15) is 0 Å². The number of amides is 2. The zero-order valence-electron chi connectivity index (χ0n) is 22.9. The summed E-state index contributed by atoms with van der Waals surface area (Å²) in [6, 6.07) is 12.5. The molecule has 2 saturated heterocycles. The minimum atomic E-state index is -0.484. The fraction of sp³-hybridized carbons (Fsp3) is 0.517. The van der Waals surface area contributed by atoms with Crippen LogP contribution >= 0.6 is 0 Å². The number of carbonyl (C=O) groups excluding carboxylic acids is 2. The van der Waals surface area contributed by atoms with E-state index in [0.29, 0.717) is 36.6 Å². The van der Waals surface area contributed by atoms with E-state index in [-0.39, 0.29) is 11.8 Å². The van der Waals surface area contributed by atoms with Gasteiger partial charge in [-0.05, 0) is 68.4 Å². The summed E-state index contributed by atoms with van der Waals surface area (Å²) in [6.45, 7) is 5.86. The zero-order valence-corrected chi connectivity index (χ0v) is 22.9. The van der Waals surface area contributed by atoms with E-state index < -0.39 is 12.0 Å². The van der Waals surface area contributed by atoms with Crippen LogP contribution in [0.2, 0.25) is 0 Å². The normalized spacial score (nSPS) is 20.7. The molecule has 9 nitrogen and oxygen atoms in total. The maximum Gasteiger partial charge on any atom is 0.227 e. The van der Waals surface area contributed by atoms with Gasteiger partial charge in [0, 0.05) is 44.8 Å². The van der Waals surface area contributed by atoms with Crippen molar-refractivity contribution in [3.8, 4) is 17.2 Å². The second kappa shape index (κ2) is 13.0. The van der Waals surface area contributed by atoms with Gasteiger partial charge in [0.2, 0.25) is 11.8 Å². The lowest BCUT2D eigenvalue weighted by molar-refractivity contribution is -0.129. The number of rotatable bonds is 10. The van der Waals surface area contributed by atoms with Crippen LogP contribution in [0.25, 0.3) is 0 Å². The Balaban J connectivity index is 1.55. The second-order valence-electron chi connectivity index (χ2n) is 9.96. The molecule has 2 aliphatic rings. The molecule has 2 aromatic rings. The molecule has 2 atom stereocenters. The maximum atomic E-state index is 13.6. The van der Waals surface area contributed by atoms with Crippen LogP contribution in [-0.4, -0.2) is 89.3 Å². The van der Waals surface area contributed by atoms with E-state index >= 15 is 0 Å². The summed E-state index contributed by atoms with van der Waals surface area (Å²) in [6.07, 6.45) is 1.67. The summed E-state index contributed by atoms with van der Waals surface area (Å²) in [7, 11) is 6.93. The van der Waals surface area contributed by atoms with Gasteiger partial charge in [0.25, 0.3) is 0 Å². The SMILES string of the molecule is COc1ccc(N2C(=O)CC[C@H](C(=O)NCCCN3CCN(C)CC3)[C@@H]2c2ccc(OC)c(OC)c2)cc1. The number of hydrogen-bond donors (Lipinski definition) is 1. The molecule has 2 aromatic carbocycles. The van der Waals surface area contributed by atoms with Crippen LogP contribution in [0.15, 0.2) is 42.5 Å². The van der Waals surface area contributed by atoms with Crippen LogP contribution in [-0.2, 0) is 9.59 Å². The van der Waals surface area contributed by atoms with Gasteiger partial charge in [-0.25, -0.2) is 0 Å². The van der Waals surface area contributed by atoms with Gasteiger partial charge in [0.1, 0.15) is 5.75 Å². The summed E-state index contributed by atoms with van der Waals surface area (Å²) in [5.74, 6) is 1.40. The Bertz CT molecular complexity index is 1080. The van der Waals surface area contributed by atoms with Crippen molar-refractivity contribution in [1.29, 1.82) is 0 Å². The molecule has 2 heterocycles. The van der Waals surface area contributed by atoms with Crippen LogP contribution in [0.3, 0.4) is 0 Å². The summed E-state index contributed by atoms with van der Waals surface area (Å²) < 4.78 is 16.3. The first-order chi connectivity index (χ1) is 18.4. The van der Waals surface area contributed by atoms with Crippen molar-refractivity contribution in [2.24, 2.45) is 5.92 Å². The number of piperazine rings is 1. The van der Waals surface area contributed by atoms with Gasteiger partial charge >= 0.3 is 0 Å². The molecule has 9 heteroatoms. The molecule has 1 N–H and O–H groups in total. The number of benzene rings is 2. The first-order valence-corrected chi connectivity index (χ1v) is 13.3. The third kappa shape index (κ3) is 6.39. The Kier molecular flexibility index (Phi) is 9.47. The standard InChI is InChI=1S/C29H40N4O5/c1-31-16-18-32(19-17-31)15-5-14-30-29(35)24-11-13-27(34)33(22-7-9-23(36-2)10-8-22)28(24)21-6-12-25(37-3)26(20-21)38-4/h6-10,12,20,24,28H,5,11,13-19H2,1-4H3,(H,30,35)/t24-,28-/m0/s1. The quantitative estimate of drug-likeness (QED) is 0.479. The van der Waals surface area contributed by atoms with Crippen molar-refractivity contribution < 1.29 is 23.8 Å². The fourth-order valence-electron chi connectivity index (χ4n) is 5.35. The minimum Gasteiger partial charge on any atom is -0.497 e. The van der Waals surface area contributed by atoms with Crippen LogP contribution in [0.4, 0.5) is 5.69 Å². The van der Waals surface area contributed by atoms with E-state index in [1.165, 1.54) is 0 Å². The van der Waals surface area contributed by atoms with Crippen molar-refractivity contribution in [3.05, 3.63) is 48.0 Å². The van der Waals surface area contributed by atoms with Crippen LogP contribution in [0.1, 0.15) is 30.9 Å². The molecule has 2 aliphatic heterocycles. The third-order valence-electron chi connectivity index (χ3n) is 7.58. The molecule has 0 radical (unpaired) electrons. The van der Waals surface area contributed by atoms with Crippen LogP contribution < -0.4 is 24.4 Å². The Morgan fingerprint density at radius 2 is 1.66 bits per heavy atom. The van der Waals surface area contributed by atoms with Gasteiger partial charge in [-0.15, -0.1) is 0 Å². The van der Waals surface area contributed by atoms with Crippen molar-refractivity contribution in [3.63, 3.8) is 0 Å². The number of ether oxygens (including phenoxy) is 3. The first-order valence-electron chi connectivity index (χ1n) is 13.3. The number of nitrogens with one attached hydrogen (secondary N) is 1. The lowest BCUT2D eigenvalue weighted by Crippen LogP contribution is -2.49. The summed E-state index contributed by atoms with van der Waals surface area (Å²) in [5, 5.41) is 3.17. The van der Waals surface area contributed by atoms with Crippen molar-refractivity contribution in [2.75, 3.05) is 72.5 Å². The number of piperidine rings is 1. The smallest absolute Gasteiger partial charge is 0.227 e. The summed E-state index contributed by atoms with van der Waals surface area (Å²) >= 11 is 0. The largest absolute Gasteiger partial charge is 0.497 e. The highest BCUT2D eigenvalue weighted by Gasteiger charge is 2.41. The number of hydrogen-bond acceptors (Lipinski definition) is 7. The van der Waals surface area contributed by atoms with Crippen molar-refractivity contribution in [1.82, 2.24) is 15.1 Å². The van der Waals surface area contributed by atoms with E-state index in [2.05, 4.69) is 22.2 Å². The van der Waals surface area contributed by atoms with E-state index in [0.717, 1.165) is 50.4 Å². The van der Waals surface area contributed by atoms with Gasteiger partial charge in [-0.1, -0.05) is 6.07 Å². The summed E-state index contributed by atoms with van der Waals surface area (Å²) in [4.78, 5) is 33.5. The maximum absolute atomic E-state index is 13.6. The highest BCUT2D eigenvalue weighted by molar-refractivity contribution is 5.97. The van der Waals surface area contributed by atoms with E-state index in [9.17, 15) is 9.59 Å². The molecule has 0 aromatic heterocycles. The van der Waals surface area contributed by atoms with Crippen molar-refractivity contribution in [2.45, 2.75) is 25.3 Å². The highest BCUT2D eigenvalue weighted by atomic mass is 16.5. The molecule has 0 aliphatic carbocycles. The Morgan fingerprint density at radius 3 is 2.32 bits per heavy atom. The van der Waals surface area contributed by atoms with E-state index in [1.54, 1.807) is 26.2 Å². The molecule has 0 spiro atoms. The zero-order chi connectivity index (χ0) is 27.1. The van der Waals surface area contributed by atoms with Gasteiger partial charge < -0.3 is 34.2 Å². The fourth-order valence-corrected chi connectivity index (χ4v) is 5.35. The van der Waals surface area contributed by atoms with Gasteiger partial charge in [-0.3, -0.25) is 9.59 Å². The lowest BCUT2D eigenvalue weighted by atomic mass is 9.83. The molecule has 206 valence electrons. The van der Waals surface area contributed by atoms with Crippen LogP contribution in [0.5, 0.6) is 17.2 Å². The molecule has 2 amide bonds. The average molecular weight is 525 g/mol. The number of carbonyl (C=O) groups is 2. The molecule has 4 rings (SSSR count). The number of nitrogens with zero attached hydrogens (tertiary/aromatic N) is 3. The Labute approximate surface area is 225 Å². The average Bonchev–Trinajstić information content (AvgIpc) is 2.95. The van der Waals surface area contributed by atoms with Gasteiger partial charge in [0.15, 0.2) is 11.5 Å². The Morgan fingerprint density at radius 1 is 0.947 bits per heavy atom. The number of anilines is 1. The molecular formula is C29H40N4O5. The van der Waals surface area contributed by atoms with Crippen molar-refractivity contribution >= 4 is 17.5 Å². The van der Waals surface area contributed by atoms with Gasteiger partial charge in [0.05, 0.1) is 33.3 Å². The van der Waals surface area contributed by atoms with E-state index in [1.807, 2.05) is 42.5 Å². The molecule has 0 saturated carbocycles. The topological polar surface area (TPSA) is 83.6 Å². The molecule has 38 heavy (non-hydrogen) atoms.